The molecule has 1 aliphatic rings. The van der Waals surface area contributed by atoms with Crippen molar-refractivity contribution in [2.75, 3.05) is 18.1 Å². The van der Waals surface area contributed by atoms with Gasteiger partial charge in [-0.05, 0) is 0 Å². The van der Waals surface area contributed by atoms with Crippen LogP contribution >= 0.6 is 11.8 Å². The van der Waals surface area contributed by atoms with E-state index < -0.39 is 0 Å². The molecule has 1 aromatic heterocycles. The van der Waals surface area contributed by atoms with Gasteiger partial charge in [-0.2, -0.15) is 16.9 Å². The average Bonchev–Trinajstić information content (AvgIpc) is 2.68. The molecule has 14 heavy (non-hydrogen) atoms. The van der Waals surface area contributed by atoms with Crippen LogP contribution in [0.1, 0.15) is 37.5 Å². The largest absolute Gasteiger partial charge is 0.306 e. The maximum Gasteiger partial charge on any atom is 0.153 e. The van der Waals surface area contributed by atoms with E-state index in [2.05, 4.69) is 34.3 Å². The maximum absolute atomic E-state index is 4.49. The first-order valence-corrected chi connectivity index (χ1v) is 6.16. The second-order valence-corrected chi connectivity index (χ2v) is 4.97. The zero-order chi connectivity index (χ0) is 9.97. The minimum absolute atomic E-state index is 0.355. The highest BCUT2D eigenvalue weighted by molar-refractivity contribution is 7.99. The Morgan fingerprint density at radius 1 is 1.50 bits per heavy atom. The number of hydrogen-bond acceptors (Lipinski definition) is 4. The third-order valence-corrected chi connectivity index (χ3v) is 3.35. The standard InChI is InChI=1S/C9H16N4S/c1-6(2)8-11-9(13-12-8)7-5-14-4-3-10-7/h6-7,10H,3-5H2,1-2H3,(H,11,12,13). The van der Waals surface area contributed by atoms with Crippen molar-refractivity contribution in [1.29, 1.82) is 0 Å². The van der Waals surface area contributed by atoms with Gasteiger partial charge in [0.2, 0.25) is 0 Å². The van der Waals surface area contributed by atoms with Gasteiger partial charge in [-0.1, -0.05) is 13.8 Å². The SMILES string of the molecule is CC(C)c1n[nH]c(C2CSCCN2)n1. The molecule has 1 unspecified atom stereocenters. The molecule has 1 aliphatic heterocycles. The van der Waals surface area contributed by atoms with Crippen molar-refractivity contribution in [3.8, 4) is 0 Å². The van der Waals surface area contributed by atoms with Crippen LogP contribution in [0.4, 0.5) is 0 Å². The van der Waals surface area contributed by atoms with Crippen LogP contribution in [-0.2, 0) is 0 Å². The molecule has 78 valence electrons. The molecule has 2 N–H and O–H groups in total. The summed E-state index contributed by atoms with van der Waals surface area (Å²) in [6, 6.07) is 0.355. The second kappa shape index (κ2) is 4.31. The molecule has 1 saturated heterocycles. The molecular formula is C9H16N4S. The Labute approximate surface area is 88.3 Å². The molecule has 1 atom stereocenters. The Morgan fingerprint density at radius 2 is 2.36 bits per heavy atom. The predicted octanol–water partition coefficient (Wildman–Crippen LogP) is 1.31. The fraction of sp³-hybridized carbons (Fsp3) is 0.778. The van der Waals surface area contributed by atoms with Crippen LogP contribution < -0.4 is 5.32 Å². The summed E-state index contributed by atoms with van der Waals surface area (Å²) in [5, 5.41) is 10.7. The normalized spacial score (nSPS) is 22.9. The van der Waals surface area contributed by atoms with Gasteiger partial charge in [-0.3, -0.25) is 5.10 Å². The molecule has 1 aromatic rings. The zero-order valence-corrected chi connectivity index (χ0v) is 9.40. The molecule has 0 radical (unpaired) electrons. The van der Waals surface area contributed by atoms with Crippen LogP contribution in [0.25, 0.3) is 0 Å². The van der Waals surface area contributed by atoms with Crippen molar-refractivity contribution in [3.05, 3.63) is 11.6 Å². The Kier molecular flexibility index (Phi) is 3.08. The number of nitrogens with zero attached hydrogens (tertiary/aromatic N) is 2. The first-order chi connectivity index (χ1) is 6.77. The van der Waals surface area contributed by atoms with E-state index in [9.17, 15) is 0 Å². The van der Waals surface area contributed by atoms with Gasteiger partial charge in [0.1, 0.15) is 5.82 Å². The van der Waals surface area contributed by atoms with Gasteiger partial charge in [-0.15, -0.1) is 0 Å². The molecule has 0 aliphatic carbocycles. The van der Waals surface area contributed by atoms with Crippen molar-refractivity contribution in [3.63, 3.8) is 0 Å². The van der Waals surface area contributed by atoms with E-state index in [1.807, 2.05) is 11.8 Å². The maximum atomic E-state index is 4.49. The Morgan fingerprint density at radius 3 is 2.93 bits per heavy atom. The van der Waals surface area contributed by atoms with Crippen molar-refractivity contribution in [2.45, 2.75) is 25.8 Å². The van der Waals surface area contributed by atoms with Gasteiger partial charge >= 0.3 is 0 Å². The van der Waals surface area contributed by atoms with Crippen molar-refractivity contribution in [2.24, 2.45) is 0 Å². The van der Waals surface area contributed by atoms with Crippen molar-refractivity contribution < 1.29 is 0 Å². The molecule has 2 rings (SSSR count). The summed E-state index contributed by atoms with van der Waals surface area (Å²) < 4.78 is 0. The average molecular weight is 212 g/mol. The molecule has 2 heterocycles. The van der Waals surface area contributed by atoms with E-state index in [1.54, 1.807) is 0 Å². The van der Waals surface area contributed by atoms with E-state index in [0.29, 0.717) is 12.0 Å². The summed E-state index contributed by atoms with van der Waals surface area (Å²) >= 11 is 1.97. The van der Waals surface area contributed by atoms with E-state index >= 15 is 0 Å². The summed E-state index contributed by atoms with van der Waals surface area (Å²) in [4.78, 5) is 4.49. The number of thioether (sulfide) groups is 1. The number of hydrogen-bond donors (Lipinski definition) is 2. The highest BCUT2D eigenvalue weighted by Gasteiger charge is 2.19. The van der Waals surface area contributed by atoms with Crippen molar-refractivity contribution in [1.82, 2.24) is 20.5 Å². The smallest absolute Gasteiger partial charge is 0.153 e. The van der Waals surface area contributed by atoms with E-state index in [1.165, 1.54) is 5.75 Å². The monoisotopic (exact) mass is 212 g/mol. The van der Waals surface area contributed by atoms with E-state index in [-0.39, 0.29) is 0 Å². The van der Waals surface area contributed by atoms with Gasteiger partial charge in [-0.25, -0.2) is 4.98 Å². The highest BCUT2D eigenvalue weighted by atomic mass is 32.2. The highest BCUT2D eigenvalue weighted by Crippen LogP contribution is 2.19. The first-order valence-electron chi connectivity index (χ1n) is 5.00. The molecule has 0 aromatic carbocycles. The zero-order valence-electron chi connectivity index (χ0n) is 8.58. The minimum atomic E-state index is 0.355. The summed E-state index contributed by atoms with van der Waals surface area (Å²) in [5.41, 5.74) is 0. The number of rotatable bonds is 2. The number of nitrogens with one attached hydrogen (secondary N) is 2. The molecule has 4 nitrogen and oxygen atoms in total. The minimum Gasteiger partial charge on any atom is -0.306 e. The van der Waals surface area contributed by atoms with Crippen LogP contribution in [0.2, 0.25) is 0 Å². The van der Waals surface area contributed by atoms with Gasteiger partial charge in [0, 0.05) is 24.0 Å². The lowest BCUT2D eigenvalue weighted by Crippen LogP contribution is -2.31. The van der Waals surface area contributed by atoms with Gasteiger partial charge in [0.25, 0.3) is 0 Å². The van der Waals surface area contributed by atoms with E-state index in [4.69, 9.17) is 0 Å². The lowest BCUT2D eigenvalue weighted by Gasteiger charge is -2.20. The third-order valence-electron chi connectivity index (χ3n) is 2.29. The van der Waals surface area contributed by atoms with Crippen LogP contribution in [-0.4, -0.2) is 33.2 Å². The van der Waals surface area contributed by atoms with Gasteiger partial charge in [0.15, 0.2) is 5.82 Å². The Bertz CT molecular complexity index is 291. The second-order valence-electron chi connectivity index (χ2n) is 3.82. The third kappa shape index (κ3) is 2.09. The van der Waals surface area contributed by atoms with E-state index in [0.717, 1.165) is 23.9 Å². The number of aromatic amines is 1. The molecule has 5 heteroatoms. The number of aromatic nitrogens is 3. The van der Waals surface area contributed by atoms with Crippen LogP contribution in [0.3, 0.4) is 0 Å². The molecule has 0 bridgehead atoms. The van der Waals surface area contributed by atoms with Crippen LogP contribution in [0.5, 0.6) is 0 Å². The van der Waals surface area contributed by atoms with Crippen LogP contribution in [0.15, 0.2) is 0 Å². The lowest BCUT2D eigenvalue weighted by molar-refractivity contribution is 0.565. The van der Waals surface area contributed by atoms with Gasteiger partial charge in [0.05, 0.1) is 6.04 Å². The Balaban J connectivity index is 2.07. The Hall–Kier alpha value is -0.550. The quantitative estimate of drug-likeness (QED) is 0.776. The first kappa shape index (κ1) is 9.98. The van der Waals surface area contributed by atoms with Crippen LogP contribution in [0, 0.1) is 0 Å². The summed E-state index contributed by atoms with van der Waals surface area (Å²) in [7, 11) is 0. The van der Waals surface area contributed by atoms with Crippen molar-refractivity contribution >= 4 is 11.8 Å². The molecule has 0 saturated carbocycles. The summed E-state index contributed by atoms with van der Waals surface area (Å²) in [6.07, 6.45) is 0. The lowest BCUT2D eigenvalue weighted by atomic mass is 10.2. The van der Waals surface area contributed by atoms with Gasteiger partial charge < -0.3 is 5.32 Å². The summed E-state index contributed by atoms with van der Waals surface area (Å²) in [6.45, 7) is 5.28. The fourth-order valence-electron chi connectivity index (χ4n) is 1.44. The molecule has 0 amide bonds. The topological polar surface area (TPSA) is 53.6 Å². The fourth-order valence-corrected chi connectivity index (χ4v) is 2.38. The predicted molar refractivity (Wildman–Crippen MR) is 58.5 cm³/mol. The molecule has 0 spiro atoms. The number of H-pyrrole nitrogens is 1. The molecule has 1 fully saturated rings. The molecular weight excluding hydrogens is 196 g/mol. The summed E-state index contributed by atoms with van der Waals surface area (Å²) in [5.74, 6) is 4.59.